The Morgan fingerprint density at radius 1 is 1.34 bits per heavy atom. The van der Waals surface area contributed by atoms with E-state index in [9.17, 15) is 5.11 Å². The van der Waals surface area contributed by atoms with Gasteiger partial charge in [0.25, 0.3) is 0 Å². The van der Waals surface area contributed by atoms with Crippen LogP contribution in [0.4, 0.5) is 0 Å². The minimum Gasteiger partial charge on any atom is -0.491 e. The Hall–Kier alpha value is -1.83. The second kappa shape index (κ2) is 13.4. The number of benzene rings is 1. The molecule has 1 atom stereocenters. The molecule has 0 amide bonds. The van der Waals surface area contributed by atoms with Gasteiger partial charge in [0.15, 0.2) is 5.96 Å². The number of hydrogen-bond acceptors (Lipinski definition) is 5. The van der Waals surface area contributed by atoms with Gasteiger partial charge >= 0.3 is 0 Å². The zero-order valence-corrected chi connectivity index (χ0v) is 18.2. The summed E-state index contributed by atoms with van der Waals surface area (Å²) < 4.78 is 10.8. The van der Waals surface area contributed by atoms with Gasteiger partial charge in [0, 0.05) is 45.9 Å². The SMILES string of the molecule is CCNC(=NCC(O)COc1cccc(C)c1)NC1CCN(CCCOC)CC1. The molecule has 1 aliphatic rings. The van der Waals surface area contributed by atoms with Crippen LogP contribution < -0.4 is 15.4 Å². The van der Waals surface area contributed by atoms with E-state index in [1.165, 1.54) is 0 Å². The minimum atomic E-state index is -0.645. The minimum absolute atomic E-state index is 0.228. The fourth-order valence-corrected chi connectivity index (χ4v) is 3.39. The van der Waals surface area contributed by atoms with Crippen LogP contribution >= 0.6 is 0 Å². The monoisotopic (exact) mass is 406 g/mol. The van der Waals surface area contributed by atoms with E-state index in [4.69, 9.17) is 9.47 Å². The van der Waals surface area contributed by atoms with Crippen molar-refractivity contribution in [2.75, 3.05) is 53.0 Å². The van der Waals surface area contributed by atoms with Crippen molar-refractivity contribution in [3.63, 3.8) is 0 Å². The van der Waals surface area contributed by atoms with Gasteiger partial charge in [-0.3, -0.25) is 4.99 Å². The molecule has 1 aliphatic heterocycles. The first-order valence-electron chi connectivity index (χ1n) is 10.7. The van der Waals surface area contributed by atoms with Gasteiger partial charge in [-0.05, 0) is 50.8 Å². The molecule has 1 fully saturated rings. The van der Waals surface area contributed by atoms with Crippen LogP contribution in [0.5, 0.6) is 5.75 Å². The lowest BCUT2D eigenvalue weighted by Gasteiger charge is -2.33. The molecule has 29 heavy (non-hydrogen) atoms. The maximum atomic E-state index is 10.2. The second-order valence-corrected chi connectivity index (χ2v) is 7.61. The Balaban J connectivity index is 1.73. The highest BCUT2D eigenvalue weighted by molar-refractivity contribution is 5.80. The smallest absolute Gasteiger partial charge is 0.191 e. The average Bonchev–Trinajstić information content (AvgIpc) is 2.72. The largest absolute Gasteiger partial charge is 0.491 e. The predicted molar refractivity (Wildman–Crippen MR) is 118 cm³/mol. The van der Waals surface area contributed by atoms with Gasteiger partial charge in [-0.15, -0.1) is 0 Å². The number of nitrogens with zero attached hydrogens (tertiary/aromatic N) is 2. The van der Waals surface area contributed by atoms with Gasteiger partial charge in [-0.25, -0.2) is 0 Å². The number of piperidine rings is 1. The lowest BCUT2D eigenvalue weighted by molar-refractivity contribution is 0.114. The molecule has 1 aromatic carbocycles. The molecule has 7 heteroatoms. The van der Waals surface area contributed by atoms with Gasteiger partial charge in [0.05, 0.1) is 6.54 Å². The fourth-order valence-electron chi connectivity index (χ4n) is 3.39. The lowest BCUT2D eigenvalue weighted by atomic mass is 10.1. The number of methoxy groups -OCH3 is 1. The van der Waals surface area contributed by atoms with E-state index in [1.54, 1.807) is 7.11 Å². The molecule has 0 aliphatic carbocycles. The van der Waals surface area contributed by atoms with Crippen LogP contribution in [0.1, 0.15) is 31.7 Å². The fraction of sp³-hybridized carbons (Fsp3) is 0.682. The molecule has 0 bridgehead atoms. The van der Waals surface area contributed by atoms with Crippen LogP contribution in [0.3, 0.4) is 0 Å². The average molecular weight is 407 g/mol. The van der Waals surface area contributed by atoms with Crippen molar-refractivity contribution in [1.82, 2.24) is 15.5 Å². The van der Waals surface area contributed by atoms with Crippen LogP contribution in [0.15, 0.2) is 29.3 Å². The summed E-state index contributed by atoms with van der Waals surface area (Å²) in [5, 5.41) is 17.0. The highest BCUT2D eigenvalue weighted by atomic mass is 16.5. The summed E-state index contributed by atoms with van der Waals surface area (Å²) in [7, 11) is 1.75. The number of aliphatic hydroxyl groups is 1. The van der Waals surface area contributed by atoms with Gasteiger partial charge in [-0.1, -0.05) is 12.1 Å². The number of guanidine groups is 1. The Kier molecular flexibility index (Phi) is 10.8. The molecule has 0 spiro atoms. The van der Waals surface area contributed by atoms with Crippen molar-refractivity contribution >= 4 is 5.96 Å². The van der Waals surface area contributed by atoms with Crippen molar-refractivity contribution in [3.05, 3.63) is 29.8 Å². The molecule has 2 rings (SSSR count). The number of aryl methyl sites for hydroxylation is 1. The molecule has 0 aromatic heterocycles. The predicted octanol–water partition coefficient (Wildman–Crippen LogP) is 1.79. The van der Waals surface area contributed by atoms with E-state index in [2.05, 4.69) is 20.5 Å². The Bertz CT molecular complexity index is 603. The molecule has 3 N–H and O–H groups in total. The van der Waals surface area contributed by atoms with Gasteiger partial charge in [0.1, 0.15) is 18.5 Å². The summed E-state index contributed by atoms with van der Waals surface area (Å²) in [5.74, 6) is 1.54. The molecule has 1 saturated heterocycles. The Morgan fingerprint density at radius 2 is 2.14 bits per heavy atom. The van der Waals surface area contributed by atoms with Crippen LogP contribution in [-0.4, -0.2) is 81.2 Å². The summed E-state index contributed by atoms with van der Waals surface area (Å²) in [5.41, 5.74) is 1.14. The van der Waals surface area contributed by atoms with Crippen molar-refractivity contribution in [3.8, 4) is 5.75 Å². The molecule has 1 unspecified atom stereocenters. The number of hydrogen-bond donors (Lipinski definition) is 3. The zero-order chi connectivity index (χ0) is 20.9. The highest BCUT2D eigenvalue weighted by Crippen LogP contribution is 2.13. The Labute approximate surface area is 175 Å². The van der Waals surface area contributed by atoms with Crippen LogP contribution in [0.25, 0.3) is 0 Å². The lowest BCUT2D eigenvalue weighted by Crippen LogP contribution is -2.49. The molecule has 0 saturated carbocycles. The van der Waals surface area contributed by atoms with Crippen molar-refractivity contribution in [2.45, 2.75) is 45.3 Å². The van der Waals surface area contributed by atoms with Crippen molar-refractivity contribution in [2.24, 2.45) is 4.99 Å². The third-order valence-electron chi connectivity index (χ3n) is 4.99. The van der Waals surface area contributed by atoms with Crippen molar-refractivity contribution < 1.29 is 14.6 Å². The van der Waals surface area contributed by atoms with E-state index in [1.807, 2.05) is 38.1 Å². The van der Waals surface area contributed by atoms with Gasteiger partial charge in [0.2, 0.25) is 0 Å². The van der Waals surface area contributed by atoms with E-state index in [0.29, 0.717) is 12.6 Å². The summed E-state index contributed by atoms with van der Waals surface area (Å²) >= 11 is 0. The topological polar surface area (TPSA) is 78.4 Å². The number of rotatable bonds is 11. The first-order chi connectivity index (χ1) is 14.1. The number of nitrogens with one attached hydrogen (secondary N) is 2. The highest BCUT2D eigenvalue weighted by Gasteiger charge is 2.19. The van der Waals surface area contributed by atoms with E-state index >= 15 is 0 Å². The van der Waals surface area contributed by atoms with E-state index in [0.717, 1.165) is 69.3 Å². The van der Waals surface area contributed by atoms with Crippen LogP contribution in [0.2, 0.25) is 0 Å². The zero-order valence-electron chi connectivity index (χ0n) is 18.2. The number of likely N-dealkylation sites (tertiary alicyclic amines) is 1. The Morgan fingerprint density at radius 3 is 2.83 bits per heavy atom. The maximum Gasteiger partial charge on any atom is 0.191 e. The molecule has 7 nitrogen and oxygen atoms in total. The number of aliphatic hydroxyl groups excluding tert-OH is 1. The maximum absolute atomic E-state index is 10.2. The quantitative estimate of drug-likeness (QED) is 0.295. The third-order valence-corrected chi connectivity index (χ3v) is 4.99. The van der Waals surface area contributed by atoms with E-state index < -0.39 is 6.10 Å². The first kappa shape index (κ1) is 23.4. The second-order valence-electron chi connectivity index (χ2n) is 7.61. The molecular weight excluding hydrogens is 368 g/mol. The summed E-state index contributed by atoms with van der Waals surface area (Å²) in [6.45, 7) is 9.49. The molecule has 0 radical (unpaired) electrons. The van der Waals surface area contributed by atoms with Crippen molar-refractivity contribution in [1.29, 1.82) is 0 Å². The molecule has 1 aromatic rings. The van der Waals surface area contributed by atoms with Gasteiger partial charge in [-0.2, -0.15) is 0 Å². The summed E-state index contributed by atoms with van der Waals surface area (Å²) in [6.07, 6.45) is 2.63. The normalized spacial score (nSPS) is 17.2. The van der Waals surface area contributed by atoms with Gasteiger partial charge < -0.3 is 30.1 Å². The first-order valence-corrected chi connectivity index (χ1v) is 10.7. The number of ether oxygens (including phenoxy) is 2. The van der Waals surface area contributed by atoms with Crippen LogP contribution in [0, 0.1) is 6.92 Å². The molecule has 1 heterocycles. The summed E-state index contributed by atoms with van der Waals surface area (Å²) in [6, 6.07) is 8.24. The molecule has 164 valence electrons. The van der Waals surface area contributed by atoms with Crippen LogP contribution in [-0.2, 0) is 4.74 Å². The molecular formula is C22H38N4O3. The number of aliphatic imine (C=N–C) groups is 1. The third kappa shape index (κ3) is 9.47. The standard InChI is InChI=1S/C22H38N4O3/c1-4-23-22(25-19-9-12-26(13-10-19)11-6-14-28-3)24-16-20(27)17-29-21-8-5-7-18(2)15-21/h5,7-8,15,19-20,27H,4,6,9-14,16-17H2,1-3H3,(H2,23,24,25). The van der Waals surface area contributed by atoms with E-state index in [-0.39, 0.29) is 6.61 Å². The summed E-state index contributed by atoms with van der Waals surface area (Å²) in [4.78, 5) is 7.05.